The highest BCUT2D eigenvalue weighted by Crippen LogP contribution is 2.13. The van der Waals surface area contributed by atoms with E-state index < -0.39 is 0 Å². The summed E-state index contributed by atoms with van der Waals surface area (Å²) in [5.74, 6) is 0.349. The molecule has 2 rings (SSSR count). The van der Waals surface area contributed by atoms with E-state index in [1.165, 1.54) is 4.80 Å². The van der Waals surface area contributed by atoms with Crippen LogP contribution in [0, 0.1) is 0 Å². The third-order valence-corrected chi connectivity index (χ3v) is 1.48. The highest BCUT2D eigenvalue weighted by Gasteiger charge is 2.07. The predicted octanol–water partition coefficient (Wildman–Crippen LogP) is -1.70. The second kappa shape index (κ2) is 3.77. The SMILES string of the molecule is Nc1nnn(CCOc2nonc2N)n1. The third-order valence-electron chi connectivity index (χ3n) is 1.48. The Balaban J connectivity index is 1.83. The fourth-order valence-corrected chi connectivity index (χ4v) is 0.862. The fraction of sp³-hybridized carbons (Fsp3) is 0.400. The number of ether oxygens (including phenoxy) is 1. The number of nitrogen functional groups attached to an aromatic ring is 2. The minimum Gasteiger partial charge on any atom is -0.471 e. The molecule has 10 heteroatoms. The quantitative estimate of drug-likeness (QED) is 0.605. The summed E-state index contributed by atoms with van der Waals surface area (Å²) in [6, 6.07) is 0. The van der Waals surface area contributed by atoms with E-state index in [1.807, 2.05) is 0 Å². The van der Waals surface area contributed by atoms with Crippen molar-refractivity contribution in [2.24, 2.45) is 0 Å². The van der Waals surface area contributed by atoms with Crippen LogP contribution in [0.1, 0.15) is 0 Å². The smallest absolute Gasteiger partial charge is 0.300 e. The molecule has 2 heterocycles. The first kappa shape index (κ1) is 9.18. The minimum absolute atomic E-state index is 0.0982. The molecule has 0 aliphatic heterocycles. The van der Waals surface area contributed by atoms with Gasteiger partial charge in [-0.2, -0.15) is 4.80 Å². The summed E-state index contributed by atoms with van der Waals surface area (Å²) >= 11 is 0. The van der Waals surface area contributed by atoms with Gasteiger partial charge in [-0.25, -0.2) is 4.63 Å². The van der Waals surface area contributed by atoms with E-state index in [9.17, 15) is 0 Å². The van der Waals surface area contributed by atoms with Crippen molar-refractivity contribution in [1.82, 2.24) is 30.5 Å². The average molecular weight is 212 g/mol. The summed E-state index contributed by atoms with van der Waals surface area (Å²) in [5.41, 5.74) is 10.6. The summed E-state index contributed by atoms with van der Waals surface area (Å²) in [6.45, 7) is 0.630. The lowest BCUT2D eigenvalue weighted by Gasteiger charge is -1.99. The second-order valence-electron chi connectivity index (χ2n) is 2.55. The Labute approximate surface area is 83.1 Å². The third kappa shape index (κ3) is 2.10. The van der Waals surface area contributed by atoms with E-state index in [4.69, 9.17) is 16.2 Å². The molecule has 2 aromatic rings. The first-order chi connectivity index (χ1) is 7.25. The van der Waals surface area contributed by atoms with Crippen LogP contribution in [0.3, 0.4) is 0 Å². The molecule has 15 heavy (non-hydrogen) atoms. The Bertz CT molecular complexity index is 436. The molecule has 0 spiro atoms. The fourth-order valence-electron chi connectivity index (χ4n) is 0.862. The maximum Gasteiger partial charge on any atom is 0.300 e. The minimum atomic E-state index is 0.0982. The van der Waals surface area contributed by atoms with Crippen molar-refractivity contribution in [2.45, 2.75) is 6.54 Å². The number of aromatic nitrogens is 6. The highest BCUT2D eigenvalue weighted by molar-refractivity contribution is 5.36. The monoisotopic (exact) mass is 212 g/mol. The zero-order valence-corrected chi connectivity index (χ0v) is 7.57. The summed E-state index contributed by atoms with van der Waals surface area (Å²) in [7, 11) is 0. The summed E-state index contributed by atoms with van der Waals surface area (Å²) in [5, 5.41) is 17.6. The highest BCUT2D eigenvalue weighted by atomic mass is 16.6. The van der Waals surface area contributed by atoms with Crippen LogP contribution >= 0.6 is 0 Å². The number of nitrogens with zero attached hydrogens (tertiary/aromatic N) is 6. The van der Waals surface area contributed by atoms with Gasteiger partial charge in [0.25, 0.3) is 11.8 Å². The molecule has 0 bridgehead atoms. The van der Waals surface area contributed by atoms with Crippen LogP contribution in [0.4, 0.5) is 11.8 Å². The van der Waals surface area contributed by atoms with Crippen molar-refractivity contribution >= 4 is 11.8 Å². The molecule has 0 fully saturated rings. The van der Waals surface area contributed by atoms with Crippen molar-refractivity contribution in [3.8, 4) is 5.88 Å². The lowest BCUT2D eigenvalue weighted by Crippen LogP contribution is -2.11. The lowest BCUT2D eigenvalue weighted by atomic mass is 10.7. The van der Waals surface area contributed by atoms with Gasteiger partial charge in [-0.15, -0.1) is 5.10 Å². The molecular weight excluding hydrogens is 204 g/mol. The molecular formula is C5H8N8O2. The van der Waals surface area contributed by atoms with Crippen molar-refractivity contribution in [3.63, 3.8) is 0 Å². The van der Waals surface area contributed by atoms with Gasteiger partial charge in [0.15, 0.2) is 0 Å². The van der Waals surface area contributed by atoms with Crippen LogP contribution in [0.25, 0.3) is 0 Å². The number of anilines is 2. The van der Waals surface area contributed by atoms with Crippen LogP contribution in [0.5, 0.6) is 5.88 Å². The van der Waals surface area contributed by atoms with Gasteiger partial charge in [-0.3, -0.25) is 0 Å². The zero-order chi connectivity index (χ0) is 10.7. The number of rotatable bonds is 4. The van der Waals surface area contributed by atoms with E-state index in [-0.39, 0.29) is 24.3 Å². The molecule has 0 aromatic carbocycles. The normalized spacial score (nSPS) is 10.4. The van der Waals surface area contributed by atoms with Crippen molar-refractivity contribution in [3.05, 3.63) is 0 Å². The Kier molecular flexibility index (Phi) is 2.31. The number of tetrazole rings is 1. The zero-order valence-electron chi connectivity index (χ0n) is 7.57. The Morgan fingerprint density at radius 3 is 2.80 bits per heavy atom. The lowest BCUT2D eigenvalue weighted by molar-refractivity contribution is 0.239. The van der Waals surface area contributed by atoms with E-state index in [0.29, 0.717) is 6.54 Å². The maximum absolute atomic E-state index is 5.36. The van der Waals surface area contributed by atoms with Crippen molar-refractivity contribution in [2.75, 3.05) is 18.1 Å². The van der Waals surface area contributed by atoms with Gasteiger partial charge in [-0.1, -0.05) is 5.10 Å². The van der Waals surface area contributed by atoms with Crippen LogP contribution in [-0.4, -0.2) is 37.1 Å². The molecule has 80 valence electrons. The van der Waals surface area contributed by atoms with Gasteiger partial charge < -0.3 is 16.2 Å². The molecule has 0 atom stereocenters. The maximum atomic E-state index is 5.36. The summed E-state index contributed by atoms with van der Waals surface area (Å²) in [4.78, 5) is 1.29. The number of hydrogen-bond acceptors (Lipinski definition) is 9. The summed E-state index contributed by atoms with van der Waals surface area (Å²) < 4.78 is 9.46. The molecule has 10 nitrogen and oxygen atoms in total. The largest absolute Gasteiger partial charge is 0.471 e. The molecule has 0 saturated carbocycles. The number of nitrogens with two attached hydrogens (primary N) is 2. The molecule has 0 aliphatic rings. The van der Waals surface area contributed by atoms with Crippen LogP contribution in [0.2, 0.25) is 0 Å². The van der Waals surface area contributed by atoms with Gasteiger partial charge >= 0.3 is 0 Å². The molecule has 0 unspecified atom stereocenters. The van der Waals surface area contributed by atoms with E-state index in [1.54, 1.807) is 0 Å². The second-order valence-corrected chi connectivity index (χ2v) is 2.55. The summed E-state index contributed by atoms with van der Waals surface area (Å²) in [6.07, 6.45) is 0. The van der Waals surface area contributed by atoms with Gasteiger partial charge in [0.1, 0.15) is 6.61 Å². The van der Waals surface area contributed by atoms with Crippen LogP contribution in [0.15, 0.2) is 4.63 Å². The molecule has 0 aliphatic carbocycles. The Morgan fingerprint density at radius 2 is 2.20 bits per heavy atom. The van der Waals surface area contributed by atoms with E-state index in [2.05, 4.69) is 30.4 Å². The Hall–Kier alpha value is -2.39. The molecule has 4 N–H and O–H groups in total. The van der Waals surface area contributed by atoms with Crippen LogP contribution in [-0.2, 0) is 6.54 Å². The standard InChI is InChI=1S/C5H8N8O2/c6-3-4(11-15-10-3)14-2-1-13-9-5(7)8-12-13/h1-2H2,(H2,6,10)(H2,7,9). The van der Waals surface area contributed by atoms with Gasteiger partial charge in [0.2, 0.25) is 5.82 Å². The van der Waals surface area contributed by atoms with E-state index >= 15 is 0 Å². The molecule has 0 saturated heterocycles. The molecule has 0 radical (unpaired) electrons. The van der Waals surface area contributed by atoms with Crippen molar-refractivity contribution in [1.29, 1.82) is 0 Å². The van der Waals surface area contributed by atoms with Gasteiger partial charge in [0, 0.05) is 0 Å². The number of hydrogen-bond donors (Lipinski definition) is 2. The van der Waals surface area contributed by atoms with E-state index in [0.717, 1.165) is 0 Å². The van der Waals surface area contributed by atoms with Gasteiger partial charge in [-0.05, 0) is 15.5 Å². The Morgan fingerprint density at radius 1 is 1.33 bits per heavy atom. The average Bonchev–Trinajstić information content (AvgIpc) is 2.77. The molecule has 0 amide bonds. The van der Waals surface area contributed by atoms with Crippen molar-refractivity contribution < 1.29 is 9.37 Å². The topological polar surface area (TPSA) is 144 Å². The first-order valence-corrected chi connectivity index (χ1v) is 4.00. The van der Waals surface area contributed by atoms with Crippen LogP contribution < -0.4 is 16.2 Å². The molecule has 2 aromatic heterocycles. The predicted molar refractivity (Wildman–Crippen MR) is 46.4 cm³/mol. The van der Waals surface area contributed by atoms with Gasteiger partial charge in [0.05, 0.1) is 6.54 Å². The first-order valence-electron chi connectivity index (χ1n) is 4.00.